The molecule has 0 aliphatic carbocycles. The summed E-state index contributed by atoms with van der Waals surface area (Å²) in [5, 5.41) is 3.04. The van der Waals surface area contributed by atoms with Crippen LogP contribution in [0.4, 0.5) is 11.4 Å². The Hall–Kier alpha value is -3.93. The standard InChI is InChI=1S/C28H29N3O3/c1-20(12-13-21-8-4-3-5-9-21)29-27(32)19-31-26-11-7-6-10-24(26)30-25(18-28(31)33)22-14-16-23(34-2)17-15-22/h3-11,14-17,20H,12-13,18-19H2,1-2H3,(H,29,32)/t20-/m0/s1. The molecule has 0 fully saturated rings. The maximum atomic E-state index is 13.3. The summed E-state index contributed by atoms with van der Waals surface area (Å²) in [6.45, 7) is 1.95. The number of nitrogens with one attached hydrogen (secondary N) is 1. The normalized spacial score (nSPS) is 14.0. The lowest BCUT2D eigenvalue weighted by molar-refractivity contribution is -0.123. The van der Waals surface area contributed by atoms with Gasteiger partial charge in [0.05, 0.1) is 30.6 Å². The highest BCUT2D eigenvalue weighted by Gasteiger charge is 2.27. The monoisotopic (exact) mass is 455 g/mol. The molecular weight excluding hydrogens is 426 g/mol. The first-order valence-electron chi connectivity index (χ1n) is 11.5. The van der Waals surface area contributed by atoms with E-state index in [9.17, 15) is 9.59 Å². The van der Waals surface area contributed by atoms with Gasteiger partial charge in [-0.1, -0.05) is 42.5 Å². The van der Waals surface area contributed by atoms with Gasteiger partial charge in [0.25, 0.3) is 0 Å². The van der Waals surface area contributed by atoms with Crippen molar-refractivity contribution >= 4 is 28.9 Å². The molecule has 3 aromatic rings. The molecule has 0 radical (unpaired) electrons. The first-order chi connectivity index (χ1) is 16.5. The Bertz CT molecular complexity index is 1170. The molecule has 1 aliphatic rings. The Morgan fingerprint density at radius 3 is 2.47 bits per heavy atom. The number of benzene rings is 3. The van der Waals surface area contributed by atoms with Crippen LogP contribution >= 0.6 is 0 Å². The quantitative estimate of drug-likeness (QED) is 0.536. The third kappa shape index (κ3) is 5.70. The lowest BCUT2D eigenvalue weighted by Gasteiger charge is -2.23. The lowest BCUT2D eigenvalue weighted by atomic mass is 10.1. The molecule has 0 spiro atoms. The number of hydrogen-bond acceptors (Lipinski definition) is 4. The van der Waals surface area contributed by atoms with Crippen molar-refractivity contribution in [2.75, 3.05) is 18.6 Å². The smallest absolute Gasteiger partial charge is 0.240 e. The number of aryl methyl sites for hydroxylation is 1. The number of hydrogen-bond donors (Lipinski definition) is 1. The number of ether oxygens (including phenoxy) is 1. The number of rotatable bonds is 8. The van der Waals surface area contributed by atoms with Gasteiger partial charge in [0.2, 0.25) is 11.8 Å². The summed E-state index contributed by atoms with van der Waals surface area (Å²) in [4.78, 5) is 32.4. The van der Waals surface area contributed by atoms with E-state index in [0.29, 0.717) is 17.1 Å². The predicted octanol–water partition coefficient (Wildman–Crippen LogP) is 4.69. The SMILES string of the molecule is COc1ccc(C2=Nc3ccccc3N(CC(=O)N[C@@H](C)CCc3ccccc3)C(=O)C2)cc1. The number of amides is 2. The first-order valence-corrected chi connectivity index (χ1v) is 11.5. The summed E-state index contributed by atoms with van der Waals surface area (Å²) in [5.74, 6) is 0.396. The molecule has 174 valence electrons. The van der Waals surface area contributed by atoms with E-state index in [2.05, 4.69) is 17.4 Å². The minimum Gasteiger partial charge on any atom is -0.497 e. The van der Waals surface area contributed by atoms with Gasteiger partial charge < -0.3 is 15.0 Å². The van der Waals surface area contributed by atoms with Crippen molar-refractivity contribution in [3.8, 4) is 5.75 Å². The molecule has 1 N–H and O–H groups in total. The van der Waals surface area contributed by atoms with Gasteiger partial charge in [0.15, 0.2) is 0 Å². The second-order valence-electron chi connectivity index (χ2n) is 8.43. The maximum Gasteiger partial charge on any atom is 0.240 e. The van der Waals surface area contributed by atoms with E-state index in [1.807, 2.05) is 73.7 Å². The highest BCUT2D eigenvalue weighted by atomic mass is 16.5. The van der Waals surface area contributed by atoms with E-state index in [1.54, 1.807) is 7.11 Å². The third-order valence-electron chi connectivity index (χ3n) is 5.89. The summed E-state index contributed by atoms with van der Waals surface area (Å²) in [6.07, 6.45) is 1.82. The van der Waals surface area contributed by atoms with E-state index in [4.69, 9.17) is 9.73 Å². The molecular formula is C28H29N3O3. The minimum absolute atomic E-state index is 0.00357. The number of carbonyl (C=O) groups excluding carboxylic acids is 2. The Morgan fingerprint density at radius 1 is 1.03 bits per heavy atom. The van der Waals surface area contributed by atoms with Crippen LogP contribution in [0.3, 0.4) is 0 Å². The number of para-hydroxylation sites is 2. The Morgan fingerprint density at radius 2 is 1.74 bits per heavy atom. The van der Waals surface area contributed by atoms with E-state index >= 15 is 0 Å². The van der Waals surface area contributed by atoms with Crippen LogP contribution in [0.15, 0.2) is 83.9 Å². The van der Waals surface area contributed by atoms with Crippen LogP contribution < -0.4 is 15.0 Å². The lowest BCUT2D eigenvalue weighted by Crippen LogP contribution is -2.43. The van der Waals surface area contributed by atoms with Crippen LogP contribution in [0.25, 0.3) is 0 Å². The highest BCUT2D eigenvalue weighted by molar-refractivity contribution is 6.18. The summed E-state index contributed by atoms with van der Waals surface area (Å²) >= 11 is 0. The van der Waals surface area contributed by atoms with E-state index in [-0.39, 0.29) is 30.8 Å². The molecule has 34 heavy (non-hydrogen) atoms. The van der Waals surface area contributed by atoms with Gasteiger partial charge in [0, 0.05) is 6.04 Å². The van der Waals surface area contributed by atoms with E-state index in [0.717, 1.165) is 24.2 Å². The molecule has 2 amide bonds. The molecule has 0 unspecified atom stereocenters. The maximum absolute atomic E-state index is 13.3. The molecule has 0 saturated heterocycles. The fraction of sp³-hybridized carbons (Fsp3) is 0.250. The average Bonchev–Trinajstić information content (AvgIpc) is 3.00. The first kappa shape index (κ1) is 23.2. The number of anilines is 1. The van der Waals surface area contributed by atoms with Gasteiger partial charge in [0.1, 0.15) is 12.3 Å². The molecule has 6 heteroatoms. The zero-order valence-corrected chi connectivity index (χ0v) is 19.5. The van der Waals surface area contributed by atoms with Crippen LogP contribution in [-0.4, -0.2) is 37.2 Å². The number of fused-ring (bicyclic) bond motifs is 1. The van der Waals surface area contributed by atoms with Crippen molar-refractivity contribution in [1.29, 1.82) is 0 Å². The number of methoxy groups -OCH3 is 1. The van der Waals surface area contributed by atoms with Crippen molar-refractivity contribution in [3.63, 3.8) is 0 Å². The van der Waals surface area contributed by atoms with Crippen molar-refractivity contribution in [2.24, 2.45) is 4.99 Å². The number of nitrogens with zero attached hydrogens (tertiary/aromatic N) is 2. The second kappa shape index (κ2) is 10.8. The van der Waals surface area contributed by atoms with Crippen LogP contribution in [-0.2, 0) is 16.0 Å². The van der Waals surface area contributed by atoms with Crippen molar-refractivity contribution in [2.45, 2.75) is 32.2 Å². The van der Waals surface area contributed by atoms with Crippen LogP contribution in [0.5, 0.6) is 5.75 Å². The van der Waals surface area contributed by atoms with Crippen LogP contribution in [0, 0.1) is 0 Å². The Balaban J connectivity index is 1.45. The summed E-state index contributed by atoms with van der Waals surface area (Å²) in [5.41, 5.74) is 4.07. The Labute approximate surface area is 200 Å². The van der Waals surface area contributed by atoms with Crippen LogP contribution in [0.1, 0.15) is 30.9 Å². The molecule has 6 nitrogen and oxygen atoms in total. The summed E-state index contributed by atoms with van der Waals surface area (Å²) < 4.78 is 5.23. The van der Waals surface area contributed by atoms with Crippen LogP contribution in [0.2, 0.25) is 0 Å². The van der Waals surface area contributed by atoms with Crippen molar-refractivity contribution in [1.82, 2.24) is 5.32 Å². The molecule has 1 heterocycles. The van der Waals surface area contributed by atoms with Gasteiger partial charge in [-0.15, -0.1) is 0 Å². The fourth-order valence-electron chi connectivity index (χ4n) is 4.03. The number of aliphatic imine (C=N–C) groups is 1. The Kier molecular flexibility index (Phi) is 7.38. The van der Waals surface area contributed by atoms with Gasteiger partial charge in [-0.25, -0.2) is 0 Å². The van der Waals surface area contributed by atoms with Crippen molar-refractivity contribution in [3.05, 3.63) is 90.0 Å². The van der Waals surface area contributed by atoms with E-state index in [1.165, 1.54) is 10.5 Å². The molecule has 0 saturated carbocycles. The third-order valence-corrected chi connectivity index (χ3v) is 5.89. The molecule has 3 aromatic carbocycles. The topological polar surface area (TPSA) is 71.0 Å². The van der Waals surface area contributed by atoms with E-state index < -0.39 is 0 Å². The van der Waals surface area contributed by atoms with Gasteiger partial charge >= 0.3 is 0 Å². The molecule has 0 aromatic heterocycles. The molecule has 4 rings (SSSR count). The zero-order chi connectivity index (χ0) is 23.9. The highest BCUT2D eigenvalue weighted by Crippen LogP contribution is 2.33. The number of carbonyl (C=O) groups is 2. The predicted molar refractivity (Wildman–Crippen MR) is 135 cm³/mol. The van der Waals surface area contributed by atoms with Crippen molar-refractivity contribution < 1.29 is 14.3 Å². The van der Waals surface area contributed by atoms with Gasteiger partial charge in [-0.3, -0.25) is 14.6 Å². The zero-order valence-electron chi connectivity index (χ0n) is 19.5. The molecule has 1 atom stereocenters. The fourth-order valence-corrected chi connectivity index (χ4v) is 4.03. The molecule has 0 bridgehead atoms. The van der Waals surface area contributed by atoms with Gasteiger partial charge in [-0.2, -0.15) is 0 Å². The largest absolute Gasteiger partial charge is 0.497 e. The summed E-state index contributed by atoms with van der Waals surface area (Å²) in [6, 6.07) is 25.1. The van der Waals surface area contributed by atoms with Gasteiger partial charge in [-0.05, 0) is 67.3 Å². The minimum atomic E-state index is -0.184. The summed E-state index contributed by atoms with van der Waals surface area (Å²) in [7, 11) is 1.61. The second-order valence-corrected chi connectivity index (χ2v) is 8.43. The molecule has 1 aliphatic heterocycles. The average molecular weight is 456 g/mol.